The zero-order chi connectivity index (χ0) is 17.5. The van der Waals surface area contributed by atoms with Gasteiger partial charge in [0.2, 0.25) is 5.28 Å². The highest BCUT2D eigenvalue weighted by atomic mass is 35.5. The largest absolute Gasteiger partial charge is 0.444 e. The first-order chi connectivity index (χ1) is 11.2. The third-order valence-corrected chi connectivity index (χ3v) is 4.88. The number of fused-ring (bicyclic) bond motifs is 1. The van der Waals surface area contributed by atoms with E-state index in [9.17, 15) is 4.79 Å². The molecule has 6 nitrogen and oxygen atoms in total. The van der Waals surface area contributed by atoms with Crippen molar-refractivity contribution in [2.75, 3.05) is 24.5 Å². The normalized spacial score (nSPS) is 19.0. The Morgan fingerprint density at radius 3 is 2.79 bits per heavy atom. The highest BCUT2D eigenvalue weighted by Crippen LogP contribution is 2.31. The van der Waals surface area contributed by atoms with E-state index in [4.69, 9.17) is 16.3 Å². The van der Waals surface area contributed by atoms with Crippen molar-refractivity contribution >= 4 is 45.1 Å². The molecule has 0 aliphatic carbocycles. The highest BCUT2D eigenvalue weighted by molar-refractivity contribution is 7.17. The van der Waals surface area contributed by atoms with Gasteiger partial charge in [0.25, 0.3) is 0 Å². The Kier molecular flexibility index (Phi) is 4.57. The van der Waals surface area contributed by atoms with Gasteiger partial charge in [0.05, 0.1) is 10.2 Å². The number of hydrogen-bond acceptors (Lipinski definition) is 6. The number of halogens is 1. The van der Waals surface area contributed by atoms with E-state index in [0.29, 0.717) is 19.6 Å². The molecule has 130 valence electrons. The lowest BCUT2D eigenvalue weighted by Gasteiger charge is -2.40. The molecule has 1 saturated heterocycles. The third-order valence-electron chi connectivity index (χ3n) is 3.81. The Labute approximate surface area is 150 Å². The molecule has 0 spiro atoms. The number of amides is 1. The summed E-state index contributed by atoms with van der Waals surface area (Å²) < 4.78 is 6.51. The number of ether oxygens (including phenoxy) is 1. The van der Waals surface area contributed by atoms with Gasteiger partial charge in [0, 0.05) is 25.7 Å². The molecule has 8 heteroatoms. The van der Waals surface area contributed by atoms with Crippen LogP contribution in [-0.2, 0) is 4.74 Å². The van der Waals surface area contributed by atoms with Crippen molar-refractivity contribution < 1.29 is 9.53 Å². The van der Waals surface area contributed by atoms with Crippen LogP contribution in [0.1, 0.15) is 27.7 Å². The molecular formula is C16H21ClN4O2S. The van der Waals surface area contributed by atoms with Crippen LogP contribution >= 0.6 is 22.9 Å². The first-order valence-electron chi connectivity index (χ1n) is 7.90. The van der Waals surface area contributed by atoms with Crippen molar-refractivity contribution in [1.29, 1.82) is 0 Å². The van der Waals surface area contributed by atoms with Crippen molar-refractivity contribution in [3.63, 3.8) is 0 Å². The molecular weight excluding hydrogens is 348 g/mol. The smallest absolute Gasteiger partial charge is 0.410 e. The molecule has 1 atom stereocenters. The summed E-state index contributed by atoms with van der Waals surface area (Å²) in [5.41, 5.74) is 0.370. The second-order valence-electron chi connectivity index (χ2n) is 6.92. The topological polar surface area (TPSA) is 58.6 Å². The average molecular weight is 369 g/mol. The summed E-state index contributed by atoms with van der Waals surface area (Å²) in [6, 6.07) is 1.97. The zero-order valence-electron chi connectivity index (χ0n) is 14.2. The van der Waals surface area contributed by atoms with Crippen molar-refractivity contribution in [3.05, 3.63) is 16.7 Å². The van der Waals surface area contributed by atoms with Gasteiger partial charge >= 0.3 is 6.09 Å². The van der Waals surface area contributed by atoms with Crippen LogP contribution in [0.4, 0.5) is 10.6 Å². The minimum absolute atomic E-state index is 0.0253. The molecule has 3 heterocycles. The van der Waals surface area contributed by atoms with Crippen LogP contribution in [0, 0.1) is 0 Å². The number of carbonyl (C=O) groups is 1. The highest BCUT2D eigenvalue weighted by Gasteiger charge is 2.32. The SMILES string of the molecule is C[C@@H]1CN(c2nc(Cl)nc3ccsc23)CCN1C(=O)OC(C)(C)C. The second-order valence-corrected chi connectivity index (χ2v) is 8.17. The number of hydrogen-bond donors (Lipinski definition) is 0. The van der Waals surface area contributed by atoms with Crippen LogP contribution < -0.4 is 4.90 Å². The van der Waals surface area contributed by atoms with Gasteiger partial charge in [-0.3, -0.25) is 0 Å². The molecule has 0 saturated carbocycles. The van der Waals surface area contributed by atoms with E-state index in [0.717, 1.165) is 16.0 Å². The molecule has 1 aliphatic heterocycles. The number of nitrogens with zero attached hydrogens (tertiary/aromatic N) is 4. The summed E-state index contributed by atoms with van der Waals surface area (Å²) in [7, 11) is 0. The van der Waals surface area contributed by atoms with Gasteiger partial charge in [0.15, 0.2) is 5.82 Å². The summed E-state index contributed by atoms with van der Waals surface area (Å²) >= 11 is 7.66. The molecule has 1 amide bonds. The molecule has 0 aromatic carbocycles. The Hall–Kier alpha value is -1.60. The fourth-order valence-corrected chi connectivity index (χ4v) is 3.80. The molecule has 2 aromatic heterocycles. The zero-order valence-corrected chi connectivity index (χ0v) is 15.8. The third kappa shape index (κ3) is 3.57. The number of thiophene rings is 1. The minimum Gasteiger partial charge on any atom is -0.444 e. The number of carbonyl (C=O) groups excluding carboxylic acids is 1. The van der Waals surface area contributed by atoms with Crippen molar-refractivity contribution in [1.82, 2.24) is 14.9 Å². The maximum absolute atomic E-state index is 12.3. The van der Waals surface area contributed by atoms with Gasteiger partial charge in [-0.2, -0.15) is 4.98 Å². The summed E-state index contributed by atoms with van der Waals surface area (Å²) in [5.74, 6) is 0.843. The molecule has 24 heavy (non-hydrogen) atoms. The van der Waals surface area contributed by atoms with E-state index in [1.54, 1.807) is 16.2 Å². The average Bonchev–Trinajstić information content (AvgIpc) is 2.92. The summed E-state index contributed by atoms with van der Waals surface area (Å²) in [5, 5.41) is 2.23. The quantitative estimate of drug-likeness (QED) is 0.717. The number of aromatic nitrogens is 2. The van der Waals surface area contributed by atoms with E-state index < -0.39 is 5.60 Å². The van der Waals surface area contributed by atoms with Gasteiger partial charge in [-0.1, -0.05) is 0 Å². The van der Waals surface area contributed by atoms with Crippen LogP contribution in [0.3, 0.4) is 0 Å². The maximum atomic E-state index is 12.3. The Bertz CT molecular complexity index is 758. The Balaban J connectivity index is 1.78. The lowest BCUT2D eigenvalue weighted by Crippen LogP contribution is -2.55. The van der Waals surface area contributed by atoms with Crippen LogP contribution in [0.25, 0.3) is 10.2 Å². The predicted molar refractivity (Wildman–Crippen MR) is 97.0 cm³/mol. The van der Waals surface area contributed by atoms with Gasteiger partial charge in [-0.15, -0.1) is 11.3 Å². The fourth-order valence-electron chi connectivity index (χ4n) is 2.78. The maximum Gasteiger partial charge on any atom is 0.410 e. The van der Waals surface area contributed by atoms with E-state index in [-0.39, 0.29) is 17.4 Å². The number of anilines is 1. The fraction of sp³-hybridized carbons (Fsp3) is 0.562. The van der Waals surface area contributed by atoms with Gasteiger partial charge in [0.1, 0.15) is 5.60 Å². The Morgan fingerprint density at radius 1 is 1.38 bits per heavy atom. The molecule has 2 aromatic rings. The van der Waals surface area contributed by atoms with Crippen LogP contribution in [0.15, 0.2) is 11.4 Å². The standard InChI is InChI=1S/C16H21ClN4O2S/c1-10-9-20(6-7-21(10)15(22)23-16(2,3)4)13-12-11(5-8-24-12)18-14(17)19-13/h5,8,10H,6-7,9H2,1-4H3/t10-/m1/s1. The predicted octanol–water partition coefficient (Wildman–Crippen LogP) is 3.79. The summed E-state index contributed by atoms with van der Waals surface area (Å²) in [6.07, 6.45) is -0.267. The number of piperazine rings is 1. The first-order valence-corrected chi connectivity index (χ1v) is 9.15. The number of rotatable bonds is 1. The first kappa shape index (κ1) is 17.2. The van der Waals surface area contributed by atoms with Crippen LogP contribution in [0.2, 0.25) is 5.28 Å². The van der Waals surface area contributed by atoms with E-state index in [2.05, 4.69) is 14.9 Å². The molecule has 0 radical (unpaired) electrons. The molecule has 0 bridgehead atoms. The van der Waals surface area contributed by atoms with E-state index in [1.165, 1.54) is 0 Å². The lowest BCUT2D eigenvalue weighted by molar-refractivity contribution is 0.0159. The summed E-state index contributed by atoms with van der Waals surface area (Å²) in [4.78, 5) is 24.9. The van der Waals surface area contributed by atoms with Gasteiger partial charge in [-0.05, 0) is 50.7 Å². The van der Waals surface area contributed by atoms with Gasteiger partial charge in [-0.25, -0.2) is 9.78 Å². The second kappa shape index (κ2) is 6.37. The minimum atomic E-state index is -0.489. The van der Waals surface area contributed by atoms with Crippen LogP contribution in [0.5, 0.6) is 0 Å². The molecule has 0 N–H and O–H groups in total. The lowest BCUT2D eigenvalue weighted by atomic mass is 10.2. The molecule has 3 rings (SSSR count). The molecule has 0 unspecified atom stereocenters. The monoisotopic (exact) mass is 368 g/mol. The van der Waals surface area contributed by atoms with Crippen LogP contribution in [-0.4, -0.2) is 52.2 Å². The molecule has 1 fully saturated rings. The van der Waals surface area contributed by atoms with Crippen molar-refractivity contribution in [2.45, 2.75) is 39.3 Å². The van der Waals surface area contributed by atoms with Gasteiger partial charge < -0.3 is 14.5 Å². The Morgan fingerprint density at radius 2 is 2.12 bits per heavy atom. The van der Waals surface area contributed by atoms with E-state index >= 15 is 0 Å². The molecule has 1 aliphatic rings. The van der Waals surface area contributed by atoms with Crippen molar-refractivity contribution in [2.24, 2.45) is 0 Å². The van der Waals surface area contributed by atoms with Crippen molar-refractivity contribution in [3.8, 4) is 0 Å². The summed E-state index contributed by atoms with van der Waals surface area (Å²) in [6.45, 7) is 9.60. The van der Waals surface area contributed by atoms with E-state index in [1.807, 2.05) is 39.1 Å².